The van der Waals surface area contributed by atoms with Crippen molar-refractivity contribution >= 4 is 21.6 Å². The number of nitrogens with zero attached hydrogens (tertiary/aromatic N) is 3. The van der Waals surface area contributed by atoms with Gasteiger partial charge in [-0.25, -0.2) is 8.42 Å². The minimum Gasteiger partial charge on any atom is -0.497 e. The van der Waals surface area contributed by atoms with Gasteiger partial charge >= 0.3 is 0 Å². The summed E-state index contributed by atoms with van der Waals surface area (Å²) in [6.07, 6.45) is 0.825. The Balaban J connectivity index is 1.65. The van der Waals surface area contributed by atoms with Crippen molar-refractivity contribution in [2.24, 2.45) is 0 Å². The Morgan fingerprint density at radius 1 is 1.03 bits per heavy atom. The van der Waals surface area contributed by atoms with Crippen molar-refractivity contribution in [3.05, 3.63) is 54.1 Å². The molecule has 2 aromatic carbocycles. The molecule has 1 N–H and O–H groups in total. The first kappa shape index (κ1) is 25.0. The molecule has 0 unspecified atom stereocenters. The Morgan fingerprint density at radius 2 is 1.67 bits per heavy atom. The zero-order chi connectivity index (χ0) is 23.8. The maximum atomic E-state index is 13.4. The second kappa shape index (κ2) is 11.5. The molecule has 0 aliphatic carbocycles. The number of nitrogens with one attached hydrogen (secondary N) is 1. The molecule has 1 fully saturated rings. The summed E-state index contributed by atoms with van der Waals surface area (Å²) < 4.78 is 33.1. The van der Waals surface area contributed by atoms with Crippen molar-refractivity contribution < 1.29 is 17.9 Å². The molecule has 0 aromatic heterocycles. The lowest BCUT2D eigenvalue weighted by molar-refractivity contribution is -0.119. The third-order valence-electron chi connectivity index (χ3n) is 5.83. The molecule has 9 heteroatoms. The molecule has 0 saturated carbocycles. The van der Waals surface area contributed by atoms with E-state index in [1.807, 2.05) is 19.1 Å². The number of benzene rings is 2. The minimum atomic E-state index is -3.94. The van der Waals surface area contributed by atoms with Gasteiger partial charge in [-0.2, -0.15) is 0 Å². The highest BCUT2D eigenvalue weighted by atomic mass is 32.2. The van der Waals surface area contributed by atoms with Crippen LogP contribution in [0.4, 0.5) is 5.69 Å². The number of carbonyl (C=O) groups excluding carboxylic acids is 1. The summed E-state index contributed by atoms with van der Waals surface area (Å²) in [6.45, 7) is 7.25. The summed E-state index contributed by atoms with van der Waals surface area (Å²) in [6, 6.07) is 13.3. The molecule has 1 aliphatic rings. The highest BCUT2D eigenvalue weighted by Gasteiger charge is 2.27. The standard InChI is InChI=1S/C24H34N4O4S/c1-20-5-7-21(8-6-20)28(33(30,31)23-11-9-22(32-3)10-12-23)19-24(29)25-13-4-14-27-17-15-26(2)16-18-27/h5-12H,4,13-19H2,1-3H3,(H,25,29). The van der Waals surface area contributed by atoms with Gasteiger partial charge in [0, 0.05) is 32.7 Å². The zero-order valence-corrected chi connectivity index (χ0v) is 20.5. The average Bonchev–Trinajstić information content (AvgIpc) is 2.82. The summed E-state index contributed by atoms with van der Waals surface area (Å²) in [5.41, 5.74) is 1.46. The van der Waals surface area contributed by atoms with Crippen molar-refractivity contribution in [1.82, 2.24) is 15.1 Å². The molecule has 8 nitrogen and oxygen atoms in total. The molecule has 33 heavy (non-hydrogen) atoms. The largest absolute Gasteiger partial charge is 0.497 e. The van der Waals surface area contributed by atoms with Crippen LogP contribution < -0.4 is 14.4 Å². The number of carbonyl (C=O) groups is 1. The lowest BCUT2D eigenvalue weighted by Crippen LogP contribution is -2.45. The van der Waals surface area contributed by atoms with Gasteiger partial charge in [0.1, 0.15) is 12.3 Å². The fourth-order valence-electron chi connectivity index (χ4n) is 3.69. The normalized spacial score (nSPS) is 15.2. The number of piperazine rings is 1. The maximum absolute atomic E-state index is 13.4. The van der Waals surface area contributed by atoms with E-state index in [0.717, 1.165) is 49.0 Å². The summed E-state index contributed by atoms with van der Waals surface area (Å²) in [5, 5.41) is 2.88. The van der Waals surface area contributed by atoms with Crippen molar-refractivity contribution in [2.45, 2.75) is 18.2 Å². The lowest BCUT2D eigenvalue weighted by atomic mass is 10.2. The van der Waals surface area contributed by atoms with Crippen molar-refractivity contribution in [1.29, 1.82) is 0 Å². The predicted octanol–water partition coefficient (Wildman–Crippen LogP) is 1.95. The van der Waals surface area contributed by atoms with Gasteiger partial charge in [0.2, 0.25) is 5.91 Å². The number of methoxy groups -OCH3 is 1. The van der Waals surface area contributed by atoms with E-state index in [4.69, 9.17) is 4.74 Å². The van der Waals surface area contributed by atoms with E-state index >= 15 is 0 Å². The van der Waals surface area contributed by atoms with E-state index in [9.17, 15) is 13.2 Å². The van der Waals surface area contributed by atoms with E-state index < -0.39 is 10.0 Å². The number of likely N-dealkylation sites (N-methyl/N-ethyl adjacent to an activating group) is 1. The number of aryl methyl sites for hydroxylation is 1. The van der Waals surface area contributed by atoms with Crippen LogP contribution in [0.1, 0.15) is 12.0 Å². The van der Waals surface area contributed by atoms with Crippen molar-refractivity contribution in [3.63, 3.8) is 0 Å². The Morgan fingerprint density at radius 3 is 2.27 bits per heavy atom. The number of hydrogen-bond acceptors (Lipinski definition) is 6. The molecule has 0 atom stereocenters. The Labute approximate surface area is 197 Å². The summed E-state index contributed by atoms with van der Waals surface area (Å²) >= 11 is 0. The number of sulfonamides is 1. The topological polar surface area (TPSA) is 82.2 Å². The number of hydrogen-bond donors (Lipinski definition) is 1. The summed E-state index contributed by atoms with van der Waals surface area (Å²) in [5.74, 6) is 0.236. The molecule has 1 heterocycles. The highest BCUT2D eigenvalue weighted by molar-refractivity contribution is 7.92. The monoisotopic (exact) mass is 474 g/mol. The van der Waals surface area contributed by atoms with Crippen LogP contribution in [0.25, 0.3) is 0 Å². The van der Waals surface area contributed by atoms with Crippen LogP contribution in [-0.4, -0.2) is 84.1 Å². The molecule has 0 bridgehead atoms. The number of amides is 1. The predicted molar refractivity (Wildman–Crippen MR) is 130 cm³/mol. The minimum absolute atomic E-state index is 0.103. The quantitative estimate of drug-likeness (QED) is 0.530. The Hall–Kier alpha value is -2.62. The Kier molecular flexibility index (Phi) is 8.71. The molecule has 180 valence electrons. The molecule has 1 amide bonds. The van der Waals surface area contributed by atoms with Gasteiger partial charge in [0.25, 0.3) is 10.0 Å². The van der Waals surface area contributed by atoms with Crippen LogP contribution in [0.5, 0.6) is 5.75 Å². The first-order chi connectivity index (χ1) is 15.8. The number of anilines is 1. The fourth-order valence-corrected chi connectivity index (χ4v) is 5.11. The zero-order valence-electron chi connectivity index (χ0n) is 19.7. The Bertz CT molecular complexity index is 1000. The third kappa shape index (κ3) is 6.93. The van der Waals surface area contributed by atoms with E-state index in [1.165, 1.54) is 19.2 Å². The van der Waals surface area contributed by atoms with E-state index in [1.54, 1.807) is 24.3 Å². The molecule has 3 rings (SSSR count). The van der Waals surface area contributed by atoms with Gasteiger partial charge in [0.15, 0.2) is 0 Å². The van der Waals surface area contributed by atoms with E-state index in [2.05, 4.69) is 22.2 Å². The lowest BCUT2D eigenvalue weighted by Gasteiger charge is -2.32. The van der Waals surface area contributed by atoms with Gasteiger partial charge in [-0.15, -0.1) is 0 Å². The molecule has 0 radical (unpaired) electrons. The molecule has 0 spiro atoms. The van der Waals surface area contributed by atoms with Crippen LogP contribution in [0.3, 0.4) is 0 Å². The average molecular weight is 475 g/mol. The molecule has 2 aromatic rings. The summed E-state index contributed by atoms with van der Waals surface area (Å²) in [4.78, 5) is 17.5. The van der Waals surface area contributed by atoms with Crippen LogP contribution in [0.2, 0.25) is 0 Å². The smallest absolute Gasteiger partial charge is 0.264 e. The SMILES string of the molecule is COc1ccc(S(=O)(=O)N(CC(=O)NCCCN2CCN(C)CC2)c2ccc(C)cc2)cc1. The maximum Gasteiger partial charge on any atom is 0.264 e. The molecule has 1 aliphatic heterocycles. The van der Waals surface area contributed by atoms with Crippen molar-refractivity contribution in [3.8, 4) is 5.75 Å². The van der Waals surface area contributed by atoms with E-state index in [-0.39, 0.29) is 17.3 Å². The van der Waals surface area contributed by atoms with Gasteiger partial charge in [-0.3, -0.25) is 9.10 Å². The van der Waals surface area contributed by atoms with Crippen LogP contribution in [0.15, 0.2) is 53.4 Å². The third-order valence-corrected chi connectivity index (χ3v) is 7.61. The number of rotatable bonds is 10. The first-order valence-electron chi connectivity index (χ1n) is 11.2. The molecular weight excluding hydrogens is 440 g/mol. The fraction of sp³-hybridized carbons (Fsp3) is 0.458. The molecule has 1 saturated heterocycles. The van der Waals surface area contributed by atoms with Gasteiger partial charge in [-0.1, -0.05) is 17.7 Å². The number of ether oxygens (including phenoxy) is 1. The van der Waals surface area contributed by atoms with E-state index in [0.29, 0.717) is 18.0 Å². The molecular formula is C24H34N4O4S. The highest BCUT2D eigenvalue weighted by Crippen LogP contribution is 2.25. The van der Waals surface area contributed by atoms with Gasteiger partial charge in [-0.05, 0) is 63.3 Å². The van der Waals surface area contributed by atoms with Crippen LogP contribution >= 0.6 is 0 Å². The second-order valence-corrected chi connectivity index (χ2v) is 10.2. The summed E-state index contributed by atoms with van der Waals surface area (Å²) in [7, 11) is -0.290. The van der Waals surface area contributed by atoms with Gasteiger partial charge < -0.3 is 19.9 Å². The van der Waals surface area contributed by atoms with Crippen LogP contribution in [-0.2, 0) is 14.8 Å². The van der Waals surface area contributed by atoms with Gasteiger partial charge in [0.05, 0.1) is 17.7 Å². The first-order valence-corrected chi connectivity index (χ1v) is 12.6. The second-order valence-electron chi connectivity index (χ2n) is 8.37. The van der Waals surface area contributed by atoms with Crippen LogP contribution in [0, 0.1) is 6.92 Å². The van der Waals surface area contributed by atoms with Crippen molar-refractivity contribution in [2.75, 3.05) is 64.3 Å².